The van der Waals surface area contributed by atoms with Gasteiger partial charge in [0.25, 0.3) is 0 Å². The predicted molar refractivity (Wildman–Crippen MR) is 175 cm³/mol. The van der Waals surface area contributed by atoms with E-state index in [2.05, 4.69) is 16.8 Å². The Hall–Kier alpha value is -2.72. The van der Waals surface area contributed by atoms with Crippen molar-refractivity contribution in [3.8, 4) is 22.4 Å². The summed E-state index contributed by atoms with van der Waals surface area (Å²) in [5.41, 5.74) is 3.63. The molecule has 1 unspecified atom stereocenters. The van der Waals surface area contributed by atoms with Gasteiger partial charge in [-0.3, -0.25) is 4.68 Å². The summed E-state index contributed by atoms with van der Waals surface area (Å²) in [6, 6.07) is 17.1. The molecule has 1 aromatic heterocycles. The number of hydrogen-bond donors (Lipinski definition) is 0. The predicted octanol–water partition coefficient (Wildman–Crippen LogP) is 8.16. The molecule has 1 aliphatic carbocycles. The molecule has 0 bridgehead atoms. The number of thioether (sulfide) groups is 1. The average Bonchev–Trinajstić information content (AvgIpc) is 3.38. The summed E-state index contributed by atoms with van der Waals surface area (Å²) in [6.45, 7) is 8.28. The molecule has 7 nitrogen and oxygen atoms in total. The number of benzene rings is 2. The Bertz CT molecular complexity index is 1340. The number of rotatable bonds is 13. The maximum absolute atomic E-state index is 14.0. The minimum Gasteiger partial charge on any atom is -0.458 e. The molecule has 2 fully saturated rings. The molecule has 0 radical (unpaired) electrons. The van der Waals surface area contributed by atoms with E-state index in [1.165, 1.54) is 12.1 Å². The van der Waals surface area contributed by atoms with E-state index in [9.17, 15) is 9.18 Å². The Morgan fingerprint density at radius 1 is 0.978 bits per heavy atom. The second-order valence-corrected chi connectivity index (χ2v) is 14.2. The number of nitrogens with zero attached hydrogens (tertiary/aromatic N) is 2. The van der Waals surface area contributed by atoms with Crippen LogP contribution in [0, 0.1) is 17.7 Å². The van der Waals surface area contributed by atoms with E-state index in [4.69, 9.17) is 24.0 Å². The van der Waals surface area contributed by atoms with Gasteiger partial charge in [-0.1, -0.05) is 30.3 Å². The second-order valence-electron chi connectivity index (χ2n) is 13.1. The lowest BCUT2D eigenvalue weighted by Gasteiger charge is -2.29. The highest BCUT2D eigenvalue weighted by Crippen LogP contribution is 2.41. The highest BCUT2D eigenvalue weighted by molar-refractivity contribution is 7.99. The van der Waals surface area contributed by atoms with Crippen LogP contribution >= 0.6 is 11.8 Å². The second kappa shape index (κ2) is 16.2. The Kier molecular flexibility index (Phi) is 12.1. The van der Waals surface area contributed by atoms with Crippen LogP contribution in [0.4, 0.5) is 4.39 Å². The Morgan fingerprint density at radius 3 is 2.40 bits per heavy atom. The minimum absolute atomic E-state index is 0.00700. The maximum atomic E-state index is 14.0. The van der Waals surface area contributed by atoms with Crippen molar-refractivity contribution in [2.24, 2.45) is 11.8 Å². The Morgan fingerprint density at radius 2 is 1.71 bits per heavy atom. The van der Waals surface area contributed by atoms with E-state index in [0.29, 0.717) is 25.0 Å². The molecule has 244 valence electrons. The fourth-order valence-corrected chi connectivity index (χ4v) is 6.99. The van der Waals surface area contributed by atoms with Crippen LogP contribution < -0.4 is 0 Å². The van der Waals surface area contributed by atoms with Crippen molar-refractivity contribution in [3.05, 3.63) is 60.4 Å². The van der Waals surface area contributed by atoms with Gasteiger partial charge in [0.15, 0.2) is 6.29 Å². The molecule has 0 amide bonds. The quantitative estimate of drug-likeness (QED) is 0.106. The van der Waals surface area contributed by atoms with Crippen LogP contribution in [0.25, 0.3) is 22.4 Å². The number of ether oxygens (including phenoxy) is 4. The van der Waals surface area contributed by atoms with Crippen LogP contribution in [0.3, 0.4) is 0 Å². The average molecular weight is 639 g/mol. The van der Waals surface area contributed by atoms with Crippen LogP contribution in [0.2, 0.25) is 0 Å². The van der Waals surface area contributed by atoms with Gasteiger partial charge in [-0.15, -0.1) is 11.8 Å². The van der Waals surface area contributed by atoms with Gasteiger partial charge in [0, 0.05) is 30.0 Å². The molecular weight excluding hydrogens is 591 g/mol. The third-order valence-corrected chi connectivity index (χ3v) is 9.19. The summed E-state index contributed by atoms with van der Waals surface area (Å²) in [6.07, 6.45) is 7.27. The van der Waals surface area contributed by atoms with Crippen molar-refractivity contribution in [3.63, 3.8) is 0 Å². The number of carbonyl (C=O) groups is 1. The third kappa shape index (κ3) is 10.1. The van der Waals surface area contributed by atoms with Gasteiger partial charge in [0.1, 0.15) is 23.1 Å². The topological polar surface area (TPSA) is 71.8 Å². The smallest absolute Gasteiger partial charge is 0.332 e. The molecule has 3 aromatic rings. The number of halogens is 1. The van der Waals surface area contributed by atoms with E-state index < -0.39 is 5.60 Å². The van der Waals surface area contributed by atoms with E-state index in [1.54, 1.807) is 11.8 Å². The van der Waals surface area contributed by atoms with Gasteiger partial charge in [-0.2, -0.15) is 5.10 Å². The summed E-state index contributed by atoms with van der Waals surface area (Å²) >= 11 is 1.70. The first-order valence-corrected chi connectivity index (χ1v) is 17.3. The lowest BCUT2D eigenvalue weighted by atomic mass is 9.82. The first-order valence-electron chi connectivity index (χ1n) is 16.3. The lowest BCUT2D eigenvalue weighted by Crippen LogP contribution is -2.28. The zero-order valence-corrected chi connectivity index (χ0v) is 27.7. The number of aromatic nitrogens is 2. The van der Waals surface area contributed by atoms with E-state index in [0.717, 1.165) is 91.3 Å². The van der Waals surface area contributed by atoms with Crippen LogP contribution in [0.5, 0.6) is 0 Å². The fourth-order valence-electron chi connectivity index (χ4n) is 6.10. The Labute approximate surface area is 271 Å². The monoisotopic (exact) mass is 638 g/mol. The highest BCUT2D eigenvalue weighted by Gasteiger charge is 2.27. The van der Waals surface area contributed by atoms with Crippen molar-refractivity contribution in [2.45, 2.75) is 89.2 Å². The SMILES string of the molecule is CC(C)(C)OC(=O)COCC1CCC(Cn2nc(SCCOC3CCCCO3)c(-c3ccccc3)c2-c2ccc(F)cc2)CC1. The zero-order valence-electron chi connectivity index (χ0n) is 26.8. The summed E-state index contributed by atoms with van der Waals surface area (Å²) in [4.78, 5) is 12.0. The van der Waals surface area contributed by atoms with Crippen molar-refractivity contribution in [1.82, 2.24) is 9.78 Å². The molecule has 1 atom stereocenters. The molecule has 0 spiro atoms. The standard InChI is InChI=1S/C36H47FN2O5S/c1-36(2,3)44-31(40)25-41-24-27-14-12-26(13-15-27)23-39-34(29-16-18-30(37)19-17-29)33(28-9-5-4-6-10-28)35(38-39)45-22-21-43-32-11-7-8-20-42-32/h4-6,9-10,16-19,26-27,32H,7-8,11-15,20-25H2,1-3H3. The highest BCUT2D eigenvalue weighted by atomic mass is 32.2. The largest absolute Gasteiger partial charge is 0.458 e. The number of carbonyl (C=O) groups excluding carboxylic acids is 1. The lowest BCUT2D eigenvalue weighted by molar-refractivity contribution is -0.160. The first kappa shape index (κ1) is 33.6. The Balaban J connectivity index is 1.28. The van der Waals surface area contributed by atoms with Crippen LogP contribution in [0.1, 0.15) is 65.7 Å². The van der Waals surface area contributed by atoms with Crippen molar-refractivity contribution in [2.75, 3.05) is 32.2 Å². The summed E-state index contributed by atoms with van der Waals surface area (Å²) in [5, 5.41) is 6.16. The van der Waals surface area contributed by atoms with Crippen molar-refractivity contribution >= 4 is 17.7 Å². The van der Waals surface area contributed by atoms with Gasteiger partial charge >= 0.3 is 5.97 Å². The molecule has 0 N–H and O–H groups in total. The molecule has 2 heterocycles. The van der Waals surface area contributed by atoms with Gasteiger partial charge in [0.05, 0.1) is 18.9 Å². The normalized spacial score (nSPS) is 20.7. The molecule has 2 aromatic carbocycles. The maximum Gasteiger partial charge on any atom is 0.332 e. The summed E-state index contributed by atoms with van der Waals surface area (Å²) in [7, 11) is 0. The summed E-state index contributed by atoms with van der Waals surface area (Å²) < 4.78 is 39.0. The molecule has 1 saturated heterocycles. The third-order valence-electron chi connectivity index (χ3n) is 8.26. The molecule has 1 aliphatic heterocycles. The van der Waals surface area contributed by atoms with Crippen LogP contribution in [-0.4, -0.2) is 59.8 Å². The molecule has 2 aliphatic rings. The van der Waals surface area contributed by atoms with Gasteiger partial charge < -0.3 is 18.9 Å². The fraction of sp³-hybridized carbons (Fsp3) is 0.556. The molecule has 45 heavy (non-hydrogen) atoms. The molecule has 5 rings (SSSR count). The van der Waals surface area contributed by atoms with Gasteiger partial charge in [-0.05, 0) is 107 Å². The molecular formula is C36H47FN2O5S. The van der Waals surface area contributed by atoms with E-state index >= 15 is 0 Å². The van der Waals surface area contributed by atoms with E-state index in [1.807, 2.05) is 51.1 Å². The number of hydrogen-bond acceptors (Lipinski definition) is 7. The van der Waals surface area contributed by atoms with Crippen LogP contribution in [0.15, 0.2) is 59.6 Å². The first-order chi connectivity index (χ1) is 21.7. The van der Waals surface area contributed by atoms with Gasteiger partial charge in [-0.25, -0.2) is 9.18 Å². The van der Waals surface area contributed by atoms with Crippen molar-refractivity contribution < 1.29 is 28.1 Å². The molecule has 1 saturated carbocycles. The van der Waals surface area contributed by atoms with Crippen LogP contribution in [-0.2, 0) is 30.3 Å². The van der Waals surface area contributed by atoms with Crippen molar-refractivity contribution in [1.29, 1.82) is 0 Å². The minimum atomic E-state index is -0.506. The van der Waals surface area contributed by atoms with E-state index in [-0.39, 0.29) is 24.7 Å². The summed E-state index contributed by atoms with van der Waals surface area (Å²) in [5.74, 6) is 1.07. The zero-order chi connectivity index (χ0) is 31.6. The number of esters is 1. The van der Waals surface area contributed by atoms with Gasteiger partial charge in [0.2, 0.25) is 0 Å². The molecule has 9 heteroatoms.